The van der Waals surface area contributed by atoms with Crippen LogP contribution in [0.5, 0.6) is 0 Å². The van der Waals surface area contributed by atoms with E-state index in [9.17, 15) is 4.79 Å². The standard InChI is InChI=1S/C15H20N2O2S/c1-4-14(11-20-3)17(2)15(19)13-8-12(6-5-7-18)9-16-10-13/h8-10,14,18H,4,7,11H2,1-3H3. The van der Waals surface area contributed by atoms with Crippen LogP contribution in [0.1, 0.15) is 29.3 Å². The second-order valence-electron chi connectivity index (χ2n) is 4.36. The number of hydrogen-bond acceptors (Lipinski definition) is 4. The van der Waals surface area contributed by atoms with E-state index in [4.69, 9.17) is 5.11 Å². The molecule has 0 spiro atoms. The first-order valence-electron chi connectivity index (χ1n) is 6.44. The van der Waals surface area contributed by atoms with Crippen LogP contribution in [0.25, 0.3) is 0 Å². The molecule has 0 aromatic carbocycles. The number of amides is 1. The van der Waals surface area contributed by atoms with Crippen molar-refractivity contribution < 1.29 is 9.90 Å². The van der Waals surface area contributed by atoms with Gasteiger partial charge in [-0.25, -0.2) is 0 Å². The first kappa shape index (κ1) is 16.5. The molecule has 1 unspecified atom stereocenters. The predicted octanol–water partition coefficient (Wildman–Crippen LogP) is 1.64. The largest absolute Gasteiger partial charge is 0.384 e. The number of pyridine rings is 1. The molecule has 108 valence electrons. The maximum absolute atomic E-state index is 12.4. The minimum Gasteiger partial charge on any atom is -0.384 e. The van der Waals surface area contributed by atoms with Crippen LogP contribution < -0.4 is 0 Å². The van der Waals surface area contributed by atoms with Crippen molar-refractivity contribution in [2.45, 2.75) is 19.4 Å². The zero-order valence-corrected chi connectivity index (χ0v) is 12.9. The fourth-order valence-electron chi connectivity index (χ4n) is 1.83. The van der Waals surface area contributed by atoms with Crippen LogP contribution in [0.3, 0.4) is 0 Å². The van der Waals surface area contributed by atoms with Crippen molar-refractivity contribution in [2.24, 2.45) is 0 Å². The highest BCUT2D eigenvalue weighted by Gasteiger charge is 2.19. The quantitative estimate of drug-likeness (QED) is 0.838. The van der Waals surface area contributed by atoms with Gasteiger partial charge in [-0.1, -0.05) is 18.8 Å². The van der Waals surface area contributed by atoms with Crippen molar-refractivity contribution in [1.29, 1.82) is 0 Å². The first-order chi connectivity index (χ1) is 9.63. The van der Waals surface area contributed by atoms with Gasteiger partial charge in [0.2, 0.25) is 0 Å². The van der Waals surface area contributed by atoms with Gasteiger partial charge >= 0.3 is 0 Å². The summed E-state index contributed by atoms with van der Waals surface area (Å²) in [6.07, 6.45) is 6.08. The molecule has 0 aliphatic rings. The Morgan fingerprint density at radius 3 is 2.90 bits per heavy atom. The van der Waals surface area contributed by atoms with Crippen LogP contribution in [0.15, 0.2) is 18.5 Å². The molecule has 1 N–H and O–H groups in total. The van der Waals surface area contributed by atoms with Gasteiger partial charge < -0.3 is 10.0 Å². The molecule has 0 saturated carbocycles. The maximum Gasteiger partial charge on any atom is 0.255 e. The molecule has 0 saturated heterocycles. The van der Waals surface area contributed by atoms with Crippen molar-refractivity contribution in [3.63, 3.8) is 0 Å². The van der Waals surface area contributed by atoms with Gasteiger partial charge in [0.15, 0.2) is 0 Å². The lowest BCUT2D eigenvalue weighted by Gasteiger charge is -2.26. The van der Waals surface area contributed by atoms with Crippen LogP contribution in [-0.2, 0) is 0 Å². The van der Waals surface area contributed by atoms with E-state index in [2.05, 4.69) is 23.7 Å². The highest BCUT2D eigenvalue weighted by atomic mass is 32.2. The molecule has 1 aromatic heterocycles. The summed E-state index contributed by atoms with van der Waals surface area (Å²) in [4.78, 5) is 18.2. The lowest BCUT2D eigenvalue weighted by molar-refractivity contribution is 0.0743. The van der Waals surface area contributed by atoms with E-state index >= 15 is 0 Å². The molecule has 1 heterocycles. The summed E-state index contributed by atoms with van der Waals surface area (Å²) in [6, 6.07) is 1.92. The van der Waals surface area contributed by atoms with Gasteiger partial charge in [0.25, 0.3) is 5.91 Å². The molecule has 4 nitrogen and oxygen atoms in total. The highest BCUT2D eigenvalue weighted by molar-refractivity contribution is 7.98. The van der Waals surface area contributed by atoms with Gasteiger partial charge in [-0.05, 0) is 18.7 Å². The molecule has 1 atom stereocenters. The number of rotatable bonds is 5. The van der Waals surface area contributed by atoms with Crippen molar-refractivity contribution in [2.75, 3.05) is 25.7 Å². The SMILES string of the molecule is CCC(CSC)N(C)C(=O)c1cncc(C#CCO)c1. The third kappa shape index (κ3) is 4.55. The fraction of sp³-hybridized carbons (Fsp3) is 0.467. The Morgan fingerprint density at radius 2 is 2.30 bits per heavy atom. The highest BCUT2D eigenvalue weighted by Crippen LogP contribution is 2.12. The Bertz CT molecular complexity index is 508. The van der Waals surface area contributed by atoms with E-state index in [1.807, 2.05) is 13.3 Å². The molecule has 1 aromatic rings. The van der Waals surface area contributed by atoms with Crippen molar-refractivity contribution in [3.05, 3.63) is 29.6 Å². The number of aliphatic hydroxyl groups excluding tert-OH is 1. The fourth-order valence-corrected chi connectivity index (χ4v) is 2.68. The number of carbonyl (C=O) groups excluding carboxylic acids is 1. The molecule has 0 bridgehead atoms. The molecular formula is C15H20N2O2S. The van der Waals surface area contributed by atoms with E-state index in [1.54, 1.807) is 35.1 Å². The summed E-state index contributed by atoms with van der Waals surface area (Å²) in [5, 5.41) is 8.69. The first-order valence-corrected chi connectivity index (χ1v) is 7.84. The van der Waals surface area contributed by atoms with Crippen LogP contribution in [0, 0.1) is 11.8 Å². The zero-order chi connectivity index (χ0) is 15.0. The van der Waals surface area contributed by atoms with Crippen LogP contribution in [0.2, 0.25) is 0 Å². The van der Waals surface area contributed by atoms with E-state index in [1.165, 1.54) is 0 Å². The third-order valence-corrected chi connectivity index (χ3v) is 3.71. The van der Waals surface area contributed by atoms with Gasteiger partial charge in [0.1, 0.15) is 6.61 Å². The Balaban J connectivity index is 2.90. The summed E-state index contributed by atoms with van der Waals surface area (Å²) in [5.74, 6) is 6.17. The second kappa shape index (κ2) is 8.62. The molecule has 0 aliphatic heterocycles. The zero-order valence-electron chi connectivity index (χ0n) is 12.1. The van der Waals surface area contributed by atoms with Gasteiger partial charge in [0.05, 0.1) is 5.56 Å². The summed E-state index contributed by atoms with van der Waals surface area (Å²) in [5.41, 5.74) is 1.16. The number of hydrogen-bond donors (Lipinski definition) is 1. The summed E-state index contributed by atoms with van der Waals surface area (Å²) in [6.45, 7) is 1.87. The number of carbonyl (C=O) groups is 1. The number of aliphatic hydroxyl groups is 1. The minimum atomic E-state index is -0.205. The van der Waals surface area contributed by atoms with Crippen molar-refractivity contribution in [1.82, 2.24) is 9.88 Å². The number of thioether (sulfide) groups is 1. The Labute approximate surface area is 124 Å². The van der Waals surface area contributed by atoms with E-state index < -0.39 is 0 Å². The lowest BCUT2D eigenvalue weighted by atomic mass is 10.1. The molecular weight excluding hydrogens is 272 g/mol. The minimum absolute atomic E-state index is 0.0500. The predicted molar refractivity (Wildman–Crippen MR) is 82.8 cm³/mol. The van der Waals surface area contributed by atoms with E-state index in [0.717, 1.165) is 12.2 Å². The average molecular weight is 292 g/mol. The molecule has 0 fully saturated rings. The number of aromatic nitrogens is 1. The van der Waals surface area contributed by atoms with Gasteiger partial charge in [-0.15, -0.1) is 0 Å². The van der Waals surface area contributed by atoms with Gasteiger partial charge in [-0.2, -0.15) is 11.8 Å². The Kier molecular flexibility index (Phi) is 7.13. The number of nitrogens with zero attached hydrogens (tertiary/aromatic N) is 2. The Morgan fingerprint density at radius 1 is 1.55 bits per heavy atom. The smallest absolute Gasteiger partial charge is 0.255 e. The summed E-state index contributed by atoms with van der Waals surface area (Å²) < 4.78 is 0. The lowest BCUT2D eigenvalue weighted by Crippen LogP contribution is -2.38. The molecule has 1 rings (SSSR count). The summed E-state index contributed by atoms with van der Waals surface area (Å²) >= 11 is 1.73. The van der Waals surface area contributed by atoms with Crippen LogP contribution in [-0.4, -0.2) is 52.6 Å². The van der Waals surface area contributed by atoms with E-state index in [-0.39, 0.29) is 18.6 Å². The van der Waals surface area contributed by atoms with Gasteiger partial charge in [-0.3, -0.25) is 9.78 Å². The normalized spacial score (nSPS) is 11.4. The Hall–Kier alpha value is -1.51. The molecule has 20 heavy (non-hydrogen) atoms. The molecule has 0 radical (unpaired) electrons. The third-order valence-electron chi connectivity index (χ3n) is 3.00. The van der Waals surface area contributed by atoms with Crippen LogP contribution in [0.4, 0.5) is 0 Å². The second-order valence-corrected chi connectivity index (χ2v) is 5.27. The van der Waals surface area contributed by atoms with Crippen LogP contribution >= 0.6 is 11.8 Å². The molecule has 1 amide bonds. The average Bonchev–Trinajstić information content (AvgIpc) is 2.49. The van der Waals surface area contributed by atoms with Crippen molar-refractivity contribution in [3.8, 4) is 11.8 Å². The molecule has 5 heteroatoms. The monoisotopic (exact) mass is 292 g/mol. The summed E-state index contributed by atoms with van der Waals surface area (Å²) in [7, 11) is 1.82. The topological polar surface area (TPSA) is 53.4 Å². The van der Waals surface area contributed by atoms with Gasteiger partial charge in [0, 0.05) is 36.8 Å². The van der Waals surface area contributed by atoms with E-state index in [0.29, 0.717) is 11.1 Å². The molecule has 0 aliphatic carbocycles. The maximum atomic E-state index is 12.4. The van der Waals surface area contributed by atoms with Crippen molar-refractivity contribution >= 4 is 17.7 Å².